The summed E-state index contributed by atoms with van der Waals surface area (Å²) < 4.78 is 72.7. The molecule has 2 aromatic carbocycles. The van der Waals surface area contributed by atoms with Crippen LogP contribution in [0.4, 0.5) is 24.7 Å². The lowest BCUT2D eigenvalue weighted by molar-refractivity contribution is -0.0429. The summed E-state index contributed by atoms with van der Waals surface area (Å²) in [5.74, 6) is 1.24. The minimum absolute atomic E-state index is 0.124. The largest absolute Gasteiger partial charge is 0.516 e. The lowest BCUT2D eigenvalue weighted by Crippen LogP contribution is -2.30. The molecule has 9 nitrogen and oxygen atoms in total. The molecule has 0 bridgehead atoms. The van der Waals surface area contributed by atoms with E-state index in [-0.39, 0.29) is 22.9 Å². The number of amides is 1. The van der Waals surface area contributed by atoms with Crippen LogP contribution in [0.1, 0.15) is 42.1 Å². The summed E-state index contributed by atoms with van der Waals surface area (Å²) in [4.78, 5) is 19.6. The average molecular weight is 657 g/mol. The van der Waals surface area contributed by atoms with Crippen LogP contribution in [0, 0.1) is 0 Å². The standard InChI is InChI=1S/C27H29BrF3N5O4S/c1-5-9-21-33-25(35(3)4)23(26(37)32-6-2)36(21)15-16-12-13-20-18(14-16)22(28)24(40-20)17-10-7-8-11-19(17)34-41(38,39)27(29,30)31/h7-8,10-14,34H,5-6,9,15H2,1-4H3,(H,32,37). The van der Waals surface area contributed by atoms with Crippen LogP contribution in [-0.4, -0.2) is 50.0 Å². The van der Waals surface area contributed by atoms with Crippen LogP contribution in [0.15, 0.2) is 51.4 Å². The van der Waals surface area contributed by atoms with Crippen LogP contribution in [0.3, 0.4) is 0 Å². The molecule has 0 saturated heterocycles. The molecule has 0 aliphatic carbocycles. The lowest BCUT2D eigenvalue weighted by atomic mass is 10.1. The number of anilines is 2. The second kappa shape index (κ2) is 11.8. The van der Waals surface area contributed by atoms with Crippen LogP contribution in [-0.2, 0) is 23.0 Å². The molecule has 220 valence electrons. The number of alkyl halides is 3. The number of benzene rings is 2. The van der Waals surface area contributed by atoms with Crippen LogP contribution in [0.5, 0.6) is 0 Å². The zero-order valence-corrected chi connectivity index (χ0v) is 25.2. The molecule has 41 heavy (non-hydrogen) atoms. The molecule has 0 spiro atoms. The Balaban J connectivity index is 1.79. The van der Waals surface area contributed by atoms with Crippen molar-refractivity contribution in [3.8, 4) is 11.3 Å². The van der Waals surface area contributed by atoms with Crippen molar-refractivity contribution in [2.75, 3.05) is 30.3 Å². The molecule has 0 unspecified atom stereocenters. The number of halogens is 4. The van der Waals surface area contributed by atoms with E-state index in [1.807, 2.05) is 44.6 Å². The molecule has 4 aromatic rings. The van der Waals surface area contributed by atoms with E-state index in [0.29, 0.717) is 46.5 Å². The Morgan fingerprint density at radius 2 is 1.85 bits per heavy atom. The minimum Gasteiger partial charge on any atom is -0.455 e. The molecule has 2 N–H and O–H groups in total. The smallest absolute Gasteiger partial charge is 0.455 e. The number of rotatable bonds is 10. The van der Waals surface area contributed by atoms with E-state index in [1.165, 1.54) is 18.2 Å². The highest BCUT2D eigenvalue weighted by atomic mass is 79.9. The fourth-order valence-electron chi connectivity index (χ4n) is 4.39. The van der Waals surface area contributed by atoms with Crippen molar-refractivity contribution < 1.29 is 30.8 Å². The third-order valence-electron chi connectivity index (χ3n) is 6.23. The second-order valence-electron chi connectivity index (χ2n) is 9.46. The van der Waals surface area contributed by atoms with Gasteiger partial charge in [0, 0.05) is 44.6 Å². The second-order valence-corrected chi connectivity index (χ2v) is 11.9. The number of nitrogens with zero attached hydrogens (tertiary/aromatic N) is 3. The summed E-state index contributed by atoms with van der Waals surface area (Å²) in [6.45, 7) is 4.66. The van der Waals surface area contributed by atoms with Gasteiger partial charge >= 0.3 is 15.5 Å². The van der Waals surface area contributed by atoms with E-state index in [1.54, 1.807) is 21.8 Å². The maximum Gasteiger partial charge on any atom is 0.516 e. The summed E-state index contributed by atoms with van der Waals surface area (Å²) in [5, 5.41) is 3.48. The maximum absolute atomic E-state index is 13.1. The lowest BCUT2D eigenvalue weighted by Gasteiger charge is -2.15. The van der Waals surface area contributed by atoms with E-state index >= 15 is 0 Å². The van der Waals surface area contributed by atoms with Crippen LogP contribution >= 0.6 is 15.9 Å². The van der Waals surface area contributed by atoms with Crippen LogP contribution in [0.2, 0.25) is 0 Å². The zero-order valence-electron chi connectivity index (χ0n) is 22.8. The molecular weight excluding hydrogens is 627 g/mol. The van der Waals surface area contributed by atoms with Gasteiger partial charge in [-0.1, -0.05) is 25.1 Å². The predicted octanol–water partition coefficient (Wildman–Crippen LogP) is 6.14. The topological polar surface area (TPSA) is 109 Å². The molecule has 0 radical (unpaired) electrons. The Hall–Kier alpha value is -3.52. The summed E-state index contributed by atoms with van der Waals surface area (Å²) >= 11 is 3.50. The third-order valence-corrected chi connectivity index (χ3v) is 8.12. The first kappa shape index (κ1) is 30.4. The number of para-hydroxylation sites is 1. The quantitative estimate of drug-likeness (QED) is 0.213. The minimum atomic E-state index is -5.65. The van der Waals surface area contributed by atoms with Gasteiger partial charge in [-0.15, -0.1) is 0 Å². The first-order chi connectivity index (χ1) is 19.3. The Labute approximate surface area is 243 Å². The number of hydrogen-bond donors (Lipinski definition) is 2. The van der Waals surface area contributed by atoms with Gasteiger partial charge in [-0.2, -0.15) is 21.6 Å². The van der Waals surface area contributed by atoms with Gasteiger partial charge in [0.15, 0.2) is 17.3 Å². The number of aryl methyl sites for hydroxylation is 1. The fourth-order valence-corrected chi connectivity index (χ4v) is 5.58. The predicted molar refractivity (Wildman–Crippen MR) is 156 cm³/mol. The normalized spacial score (nSPS) is 12.1. The molecule has 2 aromatic heterocycles. The van der Waals surface area contributed by atoms with Gasteiger partial charge in [-0.05, 0) is 59.1 Å². The molecule has 2 heterocycles. The molecule has 0 saturated carbocycles. The molecule has 0 fully saturated rings. The number of aromatic nitrogens is 2. The molecular formula is C27H29BrF3N5O4S. The van der Waals surface area contributed by atoms with Gasteiger partial charge in [0.25, 0.3) is 5.91 Å². The van der Waals surface area contributed by atoms with Crippen molar-refractivity contribution in [2.24, 2.45) is 0 Å². The Bertz CT molecular complexity index is 1700. The summed E-state index contributed by atoms with van der Waals surface area (Å²) in [5.41, 5.74) is -3.94. The van der Waals surface area contributed by atoms with Gasteiger partial charge in [-0.25, -0.2) is 4.98 Å². The average Bonchev–Trinajstić information content (AvgIpc) is 3.41. The third kappa shape index (κ3) is 6.08. The number of sulfonamides is 1. The number of furan rings is 1. The SMILES string of the molecule is CCCc1nc(N(C)C)c(C(=O)NCC)n1Cc1ccc2oc(-c3ccccc3NS(=O)(=O)C(F)(F)F)c(Br)c2c1. The number of carbonyl (C=O) groups is 1. The highest BCUT2D eigenvalue weighted by molar-refractivity contribution is 9.10. The molecule has 1 amide bonds. The Kier molecular flexibility index (Phi) is 8.73. The summed E-state index contributed by atoms with van der Waals surface area (Å²) in [6, 6.07) is 11.1. The van der Waals surface area contributed by atoms with Crippen molar-refractivity contribution in [2.45, 2.75) is 38.7 Å². The van der Waals surface area contributed by atoms with Crippen molar-refractivity contribution in [3.63, 3.8) is 0 Å². The summed E-state index contributed by atoms with van der Waals surface area (Å²) in [6.07, 6.45) is 1.48. The number of fused-ring (bicyclic) bond motifs is 1. The number of nitrogens with one attached hydrogen (secondary N) is 2. The van der Waals surface area contributed by atoms with E-state index in [2.05, 4.69) is 21.2 Å². The van der Waals surface area contributed by atoms with E-state index in [0.717, 1.165) is 17.8 Å². The Morgan fingerprint density at radius 3 is 2.49 bits per heavy atom. The molecule has 0 aliphatic rings. The fraction of sp³-hybridized carbons (Fsp3) is 0.333. The number of carbonyl (C=O) groups excluding carboxylic acids is 1. The monoisotopic (exact) mass is 655 g/mol. The zero-order chi connectivity index (χ0) is 30.1. The highest BCUT2D eigenvalue weighted by Crippen LogP contribution is 2.42. The van der Waals surface area contributed by atoms with Crippen LogP contribution in [0.25, 0.3) is 22.3 Å². The van der Waals surface area contributed by atoms with Gasteiger partial charge in [-0.3, -0.25) is 9.52 Å². The van der Waals surface area contributed by atoms with Gasteiger partial charge in [0.2, 0.25) is 0 Å². The van der Waals surface area contributed by atoms with Gasteiger partial charge < -0.3 is 19.2 Å². The molecule has 4 rings (SSSR count). The van der Waals surface area contributed by atoms with Crippen molar-refractivity contribution >= 4 is 54.3 Å². The van der Waals surface area contributed by atoms with Crippen molar-refractivity contribution in [1.82, 2.24) is 14.9 Å². The Morgan fingerprint density at radius 1 is 1.15 bits per heavy atom. The van der Waals surface area contributed by atoms with Crippen molar-refractivity contribution in [3.05, 3.63) is 64.0 Å². The van der Waals surface area contributed by atoms with Crippen molar-refractivity contribution in [1.29, 1.82) is 0 Å². The number of imidazole rings is 1. The maximum atomic E-state index is 13.1. The molecule has 0 aliphatic heterocycles. The first-order valence-corrected chi connectivity index (χ1v) is 15.0. The number of hydrogen-bond acceptors (Lipinski definition) is 6. The summed E-state index contributed by atoms with van der Waals surface area (Å²) in [7, 11) is -1.99. The molecule has 14 heteroatoms. The highest BCUT2D eigenvalue weighted by Gasteiger charge is 2.46. The first-order valence-electron chi connectivity index (χ1n) is 12.7. The van der Waals surface area contributed by atoms with E-state index in [4.69, 9.17) is 9.40 Å². The van der Waals surface area contributed by atoms with Crippen LogP contribution < -0.4 is 14.9 Å². The van der Waals surface area contributed by atoms with Gasteiger partial charge in [0.05, 0.1) is 10.2 Å². The van der Waals surface area contributed by atoms with E-state index < -0.39 is 15.5 Å². The van der Waals surface area contributed by atoms with E-state index in [9.17, 15) is 26.4 Å². The van der Waals surface area contributed by atoms with Gasteiger partial charge in [0.1, 0.15) is 11.4 Å². The molecule has 0 atom stereocenters.